The van der Waals surface area contributed by atoms with E-state index in [1.54, 1.807) is 0 Å². The molecule has 0 atom stereocenters. The topological polar surface area (TPSA) is 63.4 Å². The molecule has 1 rings (SSSR count). The molecular weight excluding hydrogens is 243 g/mol. The monoisotopic (exact) mass is 260 g/mol. The molecule has 2 N–H and O–H groups in total. The fraction of sp³-hybridized carbons (Fsp3) is 0.455. The van der Waals surface area contributed by atoms with Crippen LogP contribution >= 0.6 is 0 Å². The number of hydrogen-bond donors (Lipinski definition) is 1. The fourth-order valence-corrected chi connectivity index (χ4v) is 2.05. The van der Waals surface area contributed by atoms with Crippen LogP contribution in [-0.2, 0) is 16.6 Å². The average molecular weight is 260 g/mol. The maximum Gasteiger partial charge on any atom is 0.238 e. The minimum atomic E-state index is -3.84. The highest BCUT2D eigenvalue weighted by Gasteiger charge is 2.12. The molecule has 96 valence electrons. The molecule has 0 saturated carbocycles. The minimum Gasteiger partial charge on any atom is -0.300 e. The van der Waals surface area contributed by atoms with Gasteiger partial charge in [0.05, 0.1) is 4.90 Å². The summed E-state index contributed by atoms with van der Waals surface area (Å²) in [7, 11) is -3.84. The number of halogens is 1. The number of rotatable bonds is 5. The van der Waals surface area contributed by atoms with Crippen LogP contribution in [0.3, 0.4) is 0 Å². The summed E-state index contributed by atoms with van der Waals surface area (Å²) in [4.78, 5) is 1.84. The number of nitrogens with zero attached hydrogens (tertiary/aromatic N) is 1. The van der Waals surface area contributed by atoms with Crippen LogP contribution in [0.25, 0.3) is 0 Å². The summed E-state index contributed by atoms with van der Waals surface area (Å²) in [6, 6.07) is 3.76. The second kappa shape index (κ2) is 5.57. The van der Waals surface area contributed by atoms with E-state index in [4.69, 9.17) is 5.14 Å². The molecule has 0 aromatic heterocycles. The minimum absolute atomic E-state index is 0.196. The van der Waals surface area contributed by atoms with Gasteiger partial charge in [0, 0.05) is 12.1 Å². The first kappa shape index (κ1) is 14.1. The highest BCUT2D eigenvalue weighted by atomic mass is 32.2. The van der Waals surface area contributed by atoms with Gasteiger partial charge in [-0.25, -0.2) is 17.9 Å². The van der Waals surface area contributed by atoms with E-state index in [1.807, 2.05) is 18.7 Å². The van der Waals surface area contributed by atoms with Gasteiger partial charge in [0.2, 0.25) is 10.0 Å². The van der Waals surface area contributed by atoms with Crippen LogP contribution in [0.15, 0.2) is 23.1 Å². The number of sulfonamides is 1. The van der Waals surface area contributed by atoms with Crippen LogP contribution in [0.5, 0.6) is 0 Å². The van der Waals surface area contributed by atoms with Crippen LogP contribution in [0.2, 0.25) is 0 Å². The molecule has 0 aliphatic carbocycles. The van der Waals surface area contributed by atoms with E-state index in [0.29, 0.717) is 12.1 Å². The molecule has 1 aromatic carbocycles. The highest BCUT2D eigenvalue weighted by molar-refractivity contribution is 7.89. The quantitative estimate of drug-likeness (QED) is 0.868. The Morgan fingerprint density at radius 3 is 2.29 bits per heavy atom. The molecule has 0 amide bonds. The van der Waals surface area contributed by atoms with Crippen LogP contribution in [0, 0.1) is 5.82 Å². The summed E-state index contributed by atoms with van der Waals surface area (Å²) < 4.78 is 35.7. The molecule has 0 radical (unpaired) electrons. The number of hydrogen-bond acceptors (Lipinski definition) is 3. The molecule has 0 saturated heterocycles. The van der Waals surface area contributed by atoms with Crippen molar-refractivity contribution in [1.82, 2.24) is 4.90 Å². The van der Waals surface area contributed by atoms with Crippen molar-refractivity contribution in [3.63, 3.8) is 0 Å². The van der Waals surface area contributed by atoms with E-state index in [9.17, 15) is 12.8 Å². The summed E-state index contributed by atoms with van der Waals surface area (Å²) >= 11 is 0. The summed E-state index contributed by atoms with van der Waals surface area (Å²) in [5.74, 6) is -0.538. The third kappa shape index (κ3) is 3.76. The van der Waals surface area contributed by atoms with Gasteiger partial charge in [0.25, 0.3) is 0 Å². The molecule has 0 unspecified atom stereocenters. The molecule has 17 heavy (non-hydrogen) atoms. The maximum atomic E-state index is 13.7. The van der Waals surface area contributed by atoms with Gasteiger partial charge in [-0.05, 0) is 25.2 Å². The van der Waals surface area contributed by atoms with Gasteiger partial charge in [-0.1, -0.05) is 19.9 Å². The standard InChI is InChI=1S/C11H17FN2O2S/c1-3-14(4-2)8-9-5-6-10(7-11(9)12)17(13,15)16/h5-7H,3-4,8H2,1-2H3,(H2,13,15,16). The predicted molar refractivity (Wildman–Crippen MR) is 64.4 cm³/mol. The van der Waals surface area contributed by atoms with Gasteiger partial charge < -0.3 is 0 Å². The molecule has 0 heterocycles. The third-order valence-electron chi connectivity index (χ3n) is 2.64. The van der Waals surface area contributed by atoms with Crippen molar-refractivity contribution < 1.29 is 12.8 Å². The third-order valence-corrected chi connectivity index (χ3v) is 3.55. The van der Waals surface area contributed by atoms with Gasteiger partial charge in [0.1, 0.15) is 5.82 Å². The van der Waals surface area contributed by atoms with Crippen molar-refractivity contribution in [2.24, 2.45) is 5.14 Å². The number of benzene rings is 1. The van der Waals surface area contributed by atoms with Gasteiger partial charge in [0.15, 0.2) is 0 Å². The lowest BCUT2D eigenvalue weighted by Crippen LogP contribution is -2.23. The Morgan fingerprint density at radius 2 is 1.88 bits per heavy atom. The van der Waals surface area contributed by atoms with E-state index in [0.717, 1.165) is 19.2 Å². The van der Waals surface area contributed by atoms with Crippen LogP contribution < -0.4 is 5.14 Å². The van der Waals surface area contributed by atoms with Gasteiger partial charge in [-0.3, -0.25) is 4.90 Å². The normalized spacial score (nSPS) is 12.1. The van der Waals surface area contributed by atoms with E-state index < -0.39 is 15.8 Å². The molecule has 4 nitrogen and oxygen atoms in total. The smallest absolute Gasteiger partial charge is 0.238 e. The van der Waals surface area contributed by atoms with E-state index in [-0.39, 0.29) is 4.90 Å². The Morgan fingerprint density at radius 1 is 1.29 bits per heavy atom. The summed E-state index contributed by atoms with van der Waals surface area (Å²) in [5, 5.41) is 4.92. The first-order valence-electron chi connectivity index (χ1n) is 5.42. The molecule has 0 aliphatic heterocycles. The SMILES string of the molecule is CCN(CC)Cc1ccc(S(N)(=O)=O)cc1F. The maximum absolute atomic E-state index is 13.7. The number of primary sulfonamides is 1. The zero-order valence-electron chi connectivity index (χ0n) is 9.98. The summed E-state index contributed by atoms with van der Waals surface area (Å²) in [5.41, 5.74) is 0.473. The lowest BCUT2D eigenvalue weighted by atomic mass is 10.2. The fourth-order valence-electron chi connectivity index (χ4n) is 1.52. The van der Waals surface area contributed by atoms with Gasteiger partial charge in [-0.15, -0.1) is 0 Å². The van der Waals surface area contributed by atoms with E-state index >= 15 is 0 Å². The van der Waals surface area contributed by atoms with Crippen LogP contribution in [-0.4, -0.2) is 26.4 Å². The molecule has 0 fully saturated rings. The second-order valence-electron chi connectivity index (χ2n) is 3.76. The highest BCUT2D eigenvalue weighted by Crippen LogP contribution is 2.15. The molecule has 1 aromatic rings. The Labute approximate surface area is 101 Å². The molecular formula is C11H17FN2O2S. The lowest BCUT2D eigenvalue weighted by molar-refractivity contribution is 0.291. The van der Waals surface area contributed by atoms with Gasteiger partial charge in [-0.2, -0.15) is 0 Å². The Balaban J connectivity index is 2.98. The Hall–Kier alpha value is -0.980. The molecule has 0 bridgehead atoms. The van der Waals surface area contributed by atoms with E-state index in [1.165, 1.54) is 12.1 Å². The summed E-state index contributed by atoms with van der Waals surface area (Å²) in [6.45, 7) is 6.06. The number of nitrogens with two attached hydrogens (primary N) is 1. The van der Waals surface area contributed by atoms with Crippen LogP contribution in [0.4, 0.5) is 4.39 Å². The Kier molecular flexibility index (Phi) is 4.62. The van der Waals surface area contributed by atoms with Crippen molar-refractivity contribution >= 4 is 10.0 Å². The lowest BCUT2D eigenvalue weighted by Gasteiger charge is -2.18. The van der Waals surface area contributed by atoms with Crippen molar-refractivity contribution in [3.05, 3.63) is 29.6 Å². The zero-order valence-corrected chi connectivity index (χ0v) is 10.8. The molecule has 0 spiro atoms. The van der Waals surface area contributed by atoms with Crippen molar-refractivity contribution in [2.45, 2.75) is 25.3 Å². The van der Waals surface area contributed by atoms with Crippen molar-refractivity contribution in [3.8, 4) is 0 Å². The molecule has 0 aliphatic rings. The van der Waals surface area contributed by atoms with Crippen molar-refractivity contribution in [2.75, 3.05) is 13.1 Å². The summed E-state index contributed by atoms with van der Waals surface area (Å²) in [6.07, 6.45) is 0. The first-order chi connectivity index (χ1) is 7.88. The zero-order chi connectivity index (χ0) is 13.1. The van der Waals surface area contributed by atoms with Gasteiger partial charge >= 0.3 is 0 Å². The predicted octanol–water partition coefficient (Wildman–Crippen LogP) is 1.31. The van der Waals surface area contributed by atoms with Crippen molar-refractivity contribution in [1.29, 1.82) is 0 Å². The van der Waals surface area contributed by atoms with Crippen LogP contribution in [0.1, 0.15) is 19.4 Å². The average Bonchev–Trinajstić information content (AvgIpc) is 2.26. The van der Waals surface area contributed by atoms with E-state index in [2.05, 4.69) is 0 Å². The first-order valence-corrected chi connectivity index (χ1v) is 6.96. The molecule has 6 heteroatoms. The largest absolute Gasteiger partial charge is 0.300 e. The Bertz CT molecular complexity index is 484. The second-order valence-corrected chi connectivity index (χ2v) is 5.32.